The Morgan fingerprint density at radius 2 is 1.94 bits per heavy atom. The van der Waals surface area contributed by atoms with Crippen LogP contribution in [0.4, 0.5) is 0 Å². The number of hydrogen-bond acceptors (Lipinski definition) is 1. The minimum atomic E-state index is 0.186. The molecule has 3 heteroatoms. The second-order valence-electron chi connectivity index (χ2n) is 5.67. The zero-order valence-corrected chi connectivity index (χ0v) is 12.2. The normalized spacial score (nSPS) is 22.3. The summed E-state index contributed by atoms with van der Waals surface area (Å²) in [5, 5.41) is 3.21. The number of benzene rings is 1. The molecule has 2 aliphatic carbocycles. The van der Waals surface area contributed by atoms with Gasteiger partial charge in [0.2, 0.25) is 5.91 Å². The van der Waals surface area contributed by atoms with E-state index < -0.39 is 0 Å². The molecule has 2 fully saturated rings. The number of amides is 1. The second kappa shape index (κ2) is 4.37. The number of halogens is 1. The van der Waals surface area contributed by atoms with E-state index in [0.717, 1.165) is 17.3 Å². The summed E-state index contributed by atoms with van der Waals surface area (Å²) in [4.78, 5) is 11.9. The molecule has 1 atom stereocenters. The van der Waals surface area contributed by atoms with Crippen LogP contribution < -0.4 is 5.32 Å². The van der Waals surface area contributed by atoms with Crippen molar-refractivity contribution in [2.24, 2.45) is 5.92 Å². The molecule has 1 amide bonds. The standard InChI is InChI=1S/C15H18BrNO/c1-10(17-14(18)11-2-3-11)15(8-9-15)12-4-6-13(16)7-5-12/h4-7,10-11H,2-3,8-9H2,1H3,(H,17,18). The SMILES string of the molecule is CC(NC(=O)C1CC1)C1(c2ccc(Br)cc2)CC1. The third-order valence-corrected chi connectivity index (χ3v) is 4.87. The van der Waals surface area contributed by atoms with Gasteiger partial charge >= 0.3 is 0 Å². The van der Waals surface area contributed by atoms with Crippen LogP contribution in [-0.4, -0.2) is 11.9 Å². The third kappa shape index (κ3) is 2.20. The quantitative estimate of drug-likeness (QED) is 0.907. The highest BCUT2D eigenvalue weighted by Crippen LogP contribution is 2.51. The van der Waals surface area contributed by atoms with Crippen molar-refractivity contribution in [1.82, 2.24) is 5.32 Å². The smallest absolute Gasteiger partial charge is 0.223 e. The average molecular weight is 308 g/mol. The molecular formula is C15H18BrNO. The summed E-state index contributed by atoms with van der Waals surface area (Å²) >= 11 is 3.47. The Morgan fingerprint density at radius 3 is 2.44 bits per heavy atom. The summed E-state index contributed by atoms with van der Waals surface area (Å²) in [6.07, 6.45) is 4.51. The topological polar surface area (TPSA) is 29.1 Å². The Morgan fingerprint density at radius 1 is 1.33 bits per heavy atom. The number of rotatable bonds is 4. The van der Waals surface area contributed by atoms with Gasteiger partial charge in [-0.3, -0.25) is 4.79 Å². The molecule has 2 saturated carbocycles. The molecule has 0 radical (unpaired) electrons. The van der Waals surface area contributed by atoms with Gasteiger partial charge in [0.1, 0.15) is 0 Å². The zero-order chi connectivity index (χ0) is 12.8. The molecule has 2 aliphatic rings. The predicted octanol–water partition coefficient (Wildman–Crippen LogP) is 3.40. The lowest BCUT2D eigenvalue weighted by Gasteiger charge is -2.25. The Hall–Kier alpha value is -0.830. The molecule has 3 rings (SSSR count). The Balaban J connectivity index is 1.73. The van der Waals surface area contributed by atoms with Crippen LogP contribution in [0.25, 0.3) is 0 Å². The predicted molar refractivity (Wildman–Crippen MR) is 75.4 cm³/mol. The van der Waals surface area contributed by atoms with Crippen molar-refractivity contribution < 1.29 is 4.79 Å². The van der Waals surface area contributed by atoms with E-state index in [0.29, 0.717) is 5.92 Å². The molecule has 0 heterocycles. The highest BCUT2D eigenvalue weighted by atomic mass is 79.9. The van der Waals surface area contributed by atoms with E-state index in [9.17, 15) is 4.79 Å². The van der Waals surface area contributed by atoms with Gasteiger partial charge < -0.3 is 5.32 Å². The first-order valence-corrected chi connectivity index (χ1v) is 7.47. The molecule has 0 saturated heterocycles. The maximum absolute atomic E-state index is 11.9. The molecule has 0 aliphatic heterocycles. The summed E-state index contributed by atoms with van der Waals surface area (Å²) in [6, 6.07) is 8.77. The second-order valence-corrected chi connectivity index (χ2v) is 6.58. The maximum Gasteiger partial charge on any atom is 0.223 e. The number of nitrogens with one attached hydrogen (secondary N) is 1. The lowest BCUT2D eigenvalue weighted by atomic mass is 9.89. The van der Waals surface area contributed by atoms with Crippen LogP contribution in [-0.2, 0) is 10.2 Å². The van der Waals surface area contributed by atoms with Crippen molar-refractivity contribution in [3.05, 3.63) is 34.3 Å². The van der Waals surface area contributed by atoms with Crippen LogP contribution >= 0.6 is 15.9 Å². The van der Waals surface area contributed by atoms with Gasteiger partial charge in [-0.1, -0.05) is 28.1 Å². The Labute approximate surface area is 116 Å². The molecule has 96 valence electrons. The number of carbonyl (C=O) groups excluding carboxylic acids is 1. The van der Waals surface area contributed by atoms with Gasteiger partial charge in [-0.05, 0) is 50.3 Å². The van der Waals surface area contributed by atoms with E-state index in [1.807, 2.05) is 0 Å². The highest BCUT2D eigenvalue weighted by molar-refractivity contribution is 9.10. The third-order valence-electron chi connectivity index (χ3n) is 4.34. The van der Waals surface area contributed by atoms with Crippen LogP contribution in [0.3, 0.4) is 0 Å². The zero-order valence-electron chi connectivity index (χ0n) is 10.6. The molecule has 0 spiro atoms. The lowest BCUT2D eigenvalue weighted by Crippen LogP contribution is -2.42. The summed E-state index contributed by atoms with van der Waals surface area (Å²) in [6.45, 7) is 2.15. The molecule has 2 nitrogen and oxygen atoms in total. The lowest BCUT2D eigenvalue weighted by molar-refractivity contribution is -0.123. The van der Waals surface area contributed by atoms with Crippen molar-refractivity contribution in [3.63, 3.8) is 0 Å². The fraction of sp³-hybridized carbons (Fsp3) is 0.533. The summed E-state index contributed by atoms with van der Waals surface area (Å²) in [5.74, 6) is 0.555. The summed E-state index contributed by atoms with van der Waals surface area (Å²) < 4.78 is 1.11. The molecule has 18 heavy (non-hydrogen) atoms. The molecule has 1 unspecified atom stereocenters. The van der Waals surface area contributed by atoms with Gasteiger partial charge in [-0.2, -0.15) is 0 Å². The van der Waals surface area contributed by atoms with E-state index in [4.69, 9.17) is 0 Å². The van der Waals surface area contributed by atoms with Gasteiger partial charge in [0.25, 0.3) is 0 Å². The molecular weight excluding hydrogens is 290 g/mol. The van der Waals surface area contributed by atoms with Crippen molar-refractivity contribution in [3.8, 4) is 0 Å². The minimum absolute atomic E-state index is 0.186. The van der Waals surface area contributed by atoms with Crippen molar-refractivity contribution in [2.45, 2.75) is 44.1 Å². The van der Waals surface area contributed by atoms with Crippen LogP contribution in [0.1, 0.15) is 38.2 Å². The highest BCUT2D eigenvalue weighted by Gasteiger charge is 2.49. The van der Waals surface area contributed by atoms with E-state index in [2.05, 4.69) is 52.4 Å². The fourth-order valence-electron chi connectivity index (χ4n) is 2.70. The fourth-order valence-corrected chi connectivity index (χ4v) is 2.97. The Kier molecular flexibility index (Phi) is 2.97. The van der Waals surface area contributed by atoms with E-state index in [1.54, 1.807) is 0 Å². The first kappa shape index (κ1) is 12.2. The maximum atomic E-state index is 11.9. The monoisotopic (exact) mass is 307 g/mol. The van der Waals surface area contributed by atoms with Crippen molar-refractivity contribution >= 4 is 21.8 Å². The van der Waals surface area contributed by atoms with Crippen LogP contribution in [0.5, 0.6) is 0 Å². The molecule has 0 bridgehead atoms. The van der Waals surface area contributed by atoms with Crippen LogP contribution in [0, 0.1) is 5.92 Å². The van der Waals surface area contributed by atoms with Gasteiger partial charge in [-0.25, -0.2) is 0 Å². The average Bonchev–Trinajstić information content (AvgIpc) is 3.22. The first-order valence-electron chi connectivity index (χ1n) is 6.68. The largest absolute Gasteiger partial charge is 0.353 e. The van der Waals surface area contributed by atoms with Crippen LogP contribution in [0.15, 0.2) is 28.7 Å². The molecule has 1 aromatic rings. The summed E-state index contributed by atoms with van der Waals surface area (Å²) in [5.41, 5.74) is 1.54. The first-order chi connectivity index (χ1) is 8.62. The van der Waals surface area contributed by atoms with E-state index in [-0.39, 0.29) is 17.4 Å². The van der Waals surface area contributed by atoms with Gasteiger partial charge in [0, 0.05) is 21.8 Å². The number of hydrogen-bond donors (Lipinski definition) is 1. The Bertz CT molecular complexity index is 460. The van der Waals surface area contributed by atoms with Crippen molar-refractivity contribution in [2.75, 3.05) is 0 Å². The van der Waals surface area contributed by atoms with E-state index in [1.165, 1.54) is 18.4 Å². The molecule has 0 aromatic heterocycles. The van der Waals surface area contributed by atoms with Gasteiger partial charge in [0.05, 0.1) is 0 Å². The minimum Gasteiger partial charge on any atom is -0.353 e. The molecule has 1 N–H and O–H groups in total. The van der Waals surface area contributed by atoms with Crippen molar-refractivity contribution in [1.29, 1.82) is 0 Å². The van der Waals surface area contributed by atoms with Gasteiger partial charge in [-0.15, -0.1) is 0 Å². The van der Waals surface area contributed by atoms with Crippen LogP contribution in [0.2, 0.25) is 0 Å². The van der Waals surface area contributed by atoms with E-state index >= 15 is 0 Å². The molecule has 1 aromatic carbocycles. The summed E-state index contributed by atoms with van der Waals surface area (Å²) in [7, 11) is 0. The van der Waals surface area contributed by atoms with Gasteiger partial charge in [0.15, 0.2) is 0 Å². The number of carbonyl (C=O) groups is 1.